The Hall–Kier alpha value is -3.34. The Kier molecular flexibility index (Phi) is 4.16. The molecule has 1 N–H and O–H groups in total. The van der Waals surface area contributed by atoms with Gasteiger partial charge in [0, 0.05) is 17.8 Å². The van der Waals surface area contributed by atoms with Crippen LogP contribution in [0.4, 0.5) is 0 Å². The molecule has 1 fully saturated rings. The van der Waals surface area contributed by atoms with Crippen molar-refractivity contribution in [2.75, 3.05) is 5.75 Å². The van der Waals surface area contributed by atoms with Gasteiger partial charge < -0.3 is 5.11 Å². The summed E-state index contributed by atoms with van der Waals surface area (Å²) in [6, 6.07) is 4.86. The Bertz CT molecular complexity index is 1010. The van der Waals surface area contributed by atoms with E-state index < -0.39 is 43.5 Å². The Morgan fingerprint density at radius 1 is 1.42 bits per heavy atom. The summed E-state index contributed by atoms with van der Waals surface area (Å²) in [5.74, 6) is -3.07. The monoisotopic (exact) mass is 377 g/mol. The quantitative estimate of drug-likeness (QED) is 0.338. The van der Waals surface area contributed by atoms with E-state index in [-0.39, 0.29) is 11.1 Å². The van der Waals surface area contributed by atoms with Crippen LogP contribution in [-0.2, 0) is 19.4 Å². The SMILES string of the molecule is O=C(O)C1=C(/C=C/[N+](=O)[O-])CS(=O)(=O)C2/C(=C\c3ccccn3)C(=O)N12. The maximum Gasteiger partial charge on any atom is 0.352 e. The molecule has 0 bridgehead atoms. The van der Waals surface area contributed by atoms with Crippen molar-refractivity contribution >= 4 is 27.8 Å². The Labute approximate surface area is 146 Å². The molecule has 0 aliphatic carbocycles. The van der Waals surface area contributed by atoms with Crippen molar-refractivity contribution < 1.29 is 28.0 Å². The lowest BCUT2D eigenvalue weighted by molar-refractivity contribution is -0.402. The molecule has 3 rings (SSSR count). The molecule has 2 aliphatic rings. The second-order valence-corrected chi connectivity index (χ2v) is 7.53. The van der Waals surface area contributed by atoms with Gasteiger partial charge in [0.25, 0.3) is 5.91 Å². The van der Waals surface area contributed by atoms with Crippen molar-refractivity contribution in [1.82, 2.24) is 9.88 Å². The van der Waals surface area contributed by atoms with Crippen molar-refractivity contribution in [3.05, 3.63) is 69.3 Å². The van der Waals surface area contributed by atoms with E-state index >= 15 is 0 Å². The van der Waals surface area contributed by atoms with Gasteiger partial charge in [-0.05, 0) is 18.2 Å². The van der Waals surface area contributed by atoms with Gasteiger partial charge in [-0.15, -0.1) is 0 Å². The minimum absolute atomic E-state index is 0.0974. The summed E-state index contributed by atoms with van der Waals surface area (Å²) < 4.78 is 25.1. The number of β-lactam (4-membered cyclic amide) rings is 1. The van der Waals surface area contributed by atoms with Crippen LogP contribution in [0.3, 0.4) is 0 Å². The van der Waals surface area contributed by atoms with Crippen LogP contribution in [0.5, 0.6) is 0 Å². The van der Waals surface area contributed by atoms with E-state index in [1.54, 1.807) is 18.2 Å². The smallest absolute Gasteiger partial charge is 0.352 e. The van der Waals surface area contributed by atoms with Crippen LogP contribution in [0, 0.1) is 10.1 Å². The number of allylic oxidation sites excluding steroid dienone is 1. The molecule has 1 aromatic rings. The second-order valence-electron chi connectivity index (χ2n) is 5.47. The van der Waals surface area contributed by atoms with Gasteiger partial charge in [0.1, 0.15) is 5.70 Å². The first-order valence-electron chi connectivity index (χ1n) is 7.18. The zero-order valence-corrected chi connectivity index (χ0v) is 13.8. The molecule has 1 atom stereocenters. The summed E-state index contributed by atoms with van der Waals surface area (Å²) in [6.45, 7) is 0. The molecule has 3 heterocycles. The van der Waals surface area contributed by atoms with Crippen LogP contribution in [0.2, 0.25) is 0 Å². The predicted octanol–water partition coefficient (Wildman–Crippen LogP) is 0.191. The zero-order valence-electron chi connectivity index (χ0n) is 13.0. The van der Waals surface area contributed by atoms with Crippen LogP contribution in [0.15, 0.2) is 53.5 Å². The van der Waals surface area contributed by atoms with E-state index in [1.807, 2.05) is 0 Å². The van der Waals surface area contributed by atoms with Crippen molar-refractivity contribution in [1.29, 1.82) is 0 Å². The number of nitrogens with zero attached hydrogens (tertiary/aromatic N) is 3. The van der Waals surface area contributed by atoms with Crippen molar-refractivity contribution in [3.8, 4) is 0 Å². The lowest BCUT2D eigenvalue weighted by atomic mass is 10.0. The lowest BCUT2D eigenvalue weighted by Gasteiger charge is -2.45. The van der Waals surface area contributed by atoms with Crippen LogP contribution < -0.4 is 0 Å². The minimum atomic E-state index is -3.98. The van der Waals surface area contributed by atoms with E-state index in [0.717, 1.165) is 6.08 Å². The second kappa shape index (κ2) is 6.19. The highest BCUT2D eigenvalue weighted by molar-refractivity contribution is 7.92. The number of fused-ring (bicyclic) bond motifs is 1. The number of carbonyl (C=O) groups excluding carboxylic acids is 1. The molecule has 0 aromatic carbocycles. The summed E-state index contributed by atoms with van der Waals surface area (Å²) in [5.41, 5.74) is -0.646. The maximum absolute atomic E-state index is 12.5. The van der Waals surface area contributed by atoms with E-state index in [0.29, 0.717) is 16.8 Å². The number of aromatic nitrogens is 1. The molecule has 134 valence electrons. The first-order chi connectivity index (χ1) is 12.2. The molecule has 26 heavy (non-hydrogen) atoms. The van der Waals surface area contributed by atoms with Gasteiger partial charge >= 0.3 is 5.97 Å². The molecule has 0 saturated carbocycles. The van der Waals surface area contributed by atoms with Gasteiger partial charge in [0.05, 0.1) is 21.9 Å². The standard InChI is InChI=1S/C15H11N3O7S/c19-13-11(7-10-3-1-2-5-16-10)14-18(13)12(15(20)21)9(4-6-17(22)23)8-26(14,24)25/h1-7,14H,8H2,(H,20,21)/b6-4+,11-7-. The predicted molar refractivity (Wildman–Crippen MR) is 87.4 cm³/mol. The highest BCUT2D eigenvalue weighted by atomic mass is 32.2. The highest BCUT2D eigenvalue weighted by Crippen LogP contribution is 2.41. The van der Waals surface area contributed by atoms with E-state index in [9.17, 15) is 33.2 Å². The number of nitro groups is 1. The third kappa shape index (κ3) is 2.88. The van der Waals surface area contributed by atoms with Crippen LogP contribution in [0.25, 0.3) is 6.08 Å². The summed E-state index contributed by atoms with van der Waals surface area (Å²) >= 11 is 0. The lowest BCUT2D eigenvalue weighted by Crippen LogP contribution is -2.62. The number of pyridine rings is 1. The fourth-order valence-corrected chi connectivity index (χ4v) is 4.69. The summed E-state index contributed by atoms with van der Waals surface area (Å²) in [6.07, 6.45) is 3.97. The minimum Gasteiger partial charge on any atom is -0.477 e. The molecule has 11 heteroatoms. The Balaban J connectivity index is 2.10. The number of amides is 1. The molecule has 1 aromatic heterocycles. The normalized spacial score (nSPS) is 23.1. The molecule has 10 nitrogen and oxygen atoms in total. The third-order valence-corrected chi connectivity index (χ3v) is 5.66. The average molecular weight is 377 g/mol. The number of hydrogen-bond acceptors (Lipinski definition) is 7. The maximum atomic E-state index is 12.5. The van der Waals surface area contributed by atoms with E-state index in [4.69, 9.17) is 0 Å². The molecular weight excluding hydrogens is 366 g/mol. The van der Waals surface area contributed by atoms with Crippen LogP contribution in [0.1, 0.15) is 5.69 Å². The number of rotatable bonds is 4. The van der Waals surface area contributed by atoms with Gasteiger partial charge in [-0.3, -0.25) is 24.8 Å². The summed E-state index contributed by atoms with van der Waals surface area (Å²) in [5, 5.41) is 18.4. The number of carboxylic acid groups (broad SMARTS) is 1. The molecule has 1 saturated heterocycles. The number of aliphatic carboxylic acids is 1. The molecule has 0 spiro atoms. The fourth-order valence-electron chi connectivity index (χ4n) is 2.79. The van der Waals surface area contributed by atoms with Gasteiger partial charge in [0.15, 0.2) is 15.2 Å². The molecular formula is C15H11N3O7S. The van der Waals surface area contributed by atoms with Crippen molar-refractivity contribution in [2.24, 2.45) is 0 Å². The van der Waals surface area contributed by atoms with Crippen LogP contribution >= 0.6 is 0 Å². The molecule has 2 aliphatic heterocycles. The third-order valence-electron chi connectivity index (χ3n) is 3.80. The largest absolute Gasteiger partial charge is 0.477 e. The zero-order chi connectivity index (χ0) is 19.1. The molecule has 0 radical (unpaired) electrons. The Morgan fingerprint density at radius 2 is 2.15 bits per heavy atom. The molecule has 1 amide bonds. The van der Waals surface area contributed by atoms with Gasteiger partial charge in [-0.2, -0.15) is 0 Å². The Morgan fingerprint density at radius 3 is 2.73 bits per heavy atom. The summed E-state index contributed by atoms with van der Waals surface area (Å²) in [4.78, 5) is 38.2. The average Bonchev–Trinajstić information content (AvgIpc) is 2.57. The van der Waals surface area contributed by atoms with Crippen molar-refractivity contribution in [3.63, 3.8) is 0 Å². The first kappa shape index (κ1) is 17.5. The molecule has 1 unspecified atom stereocenters. The van der Waals surface area contributed by atoms with Gasteiger partial charge in [-0.1, -0.05) is 6.07 Å². The number of carbonyl (C=O) groups is 2. The highest BCUT2D eigenvalue weighted by Gasteiger charge is 2.56. The summed E-state index contributed by atoms with van der Waals surface area (Å²) in [7, 11) is -3.98. The van der Waals surface area contributed by atoms with Crippen molar-refractivity contribution in [2.45, 2.75) is 5.37 Å². The van der Waals surface area contributed by atoms with E-state index in [2.05, 4.69) is 4.98 Å². The van der Waals surface area contributed by atoms with E-state index in [1.165, 1.54) is 12.3 Å². The number of carboxylic acids is 1. The number of hydrogen-bond donors (Lipinski definition) is 1. The first-order valence-corrected chi connectivity index (χ1v) is 8.90. The van der Waals surface area contributed by atoms with Crippen LogP contribution in [-0.4, -0.2) is 51.3 Å². The topological polar surface area (TPSA) is 148 Å². The van der Waals surface area contributed by atoms with Gasteiger partial charge in [-0.25, -0.2) is 13.2 Å². The number of sulfone groups is 1. The van der Waals surface area contributed by atoms with Gasteiger partial charge in [0.2, 0.25) is 6.20 Å². The fraction of sp³-hybridized carbons (Fsp3) is 0.133.